The fraction of sp³-hybridized carbons (Fsp3) is 0.529. The van der Waals surface area contributed by atoms with Crippen LogP contribution in [0.4, 0.5) is 0 Å². The molecule has 1 aromatic rings. The molecule has 0 spiro atoms. The van der Waals surface area contributed by atoms with Crippen LogP contribution in [0.15, 0.2) is 24.3 Å². The topological polar surface area (TPSA) is 96.3 Å². The van der Waals surface area contributed by atoms with E-state index in [2.05, 4.69) is 0 Å². The van der Waals surface area contributed by atoms with Gasteiger partial charge in [0.2, 0.25) is 0 Å². The number of para-hydroxylation sites is 1. The highest BCUT2D eigenvalue weighted by molar-refractivity contribution is 5.99. The molecule has 0 saturated carbocycles. The third-order valence-electron chi connectivity index (χ3n) is 3.93. The summed E-state index contributed by atoms with van der Waals surface area (Å²) in [5.74, 6) is -1.12. The Morgan fingerprint density at radius 2 is 2.04 bits per heavy atom. The number of hydrogen-bond donors (Lipinski definition) is 2. The molecule has 1 aliphatic rings. The Labute approximate surface area is 140 Å². The van der Waals surface area contributed by atoms with Crippen molar-refractivity contribution >= 4 is 11.9 Å². The molecule has 1 fully saturated rings. The van der Waals surface area contributed by atoms with Crippen LogP contribution in [0.3, 0.4) is 0 Å². The number of nitrogens with zero attached hydrogens (tertiary/aromatic N) is 1. The van der Waals surface area contributed by atoms with Gasteiger partial charge < -0.3 is 24.6 Å². The monoisotopic (exact) mass is 337 g/mol. The summed E-state index contributed by atoms with van der Waals surface area (Å²) < 4.78 is 10.8. The van der Waals surface area contributed by atoms with Crippen molar-refractivity contribution in [1.82, 2.24) is 4.90 Å². The number of amides is 1. The minimum Gasteiger partial charge on any atom is -0.490 e. The van der Waals surface area contributed by atoms with Gasteiger partial charge in [0, 0.05) is 19.6 Å². The van der Waals surface area contributed by atoms with E-state index < -0.39 is 24.0 Å². The maximum Gasteiger partial charge on any atom is 0.326 e. The first kappa shape index (κ1) is 18.2. The Hall–Kier alpha value is -2.12. The van der Waals surface area contributed by atoms with Gasteiger partial charge in [0.1, 0.15) is 18.4 Å². The summed E-state index contributed by atoms with van der Waals surface area (Å²) in [4.78, 5) is 25.5. The molecule has 1 saturated heterocycles. The number of likely N-dealkylation sites (tertiary alicyclic amines) is 1. The summed E-state index contributed by atoms with van der Waals surface area (Å²) >= 11 is 0. The molecule has 1 aliphatic heterocycles. The van der Waals surface area contributed by atoms with E-state index in [1.54, 1.807) is 24.3 Å². The molecular weight excluding hydrogens is 314 g/mol. The highest BCUT2D eigenvalue weighted by Crippen LogP contribution is 2.25. The molecule has 132 valence electrons. The van der Waals surface area contributed by atoms with Crippen LogP contribution in [0, 0.1) is 0 Å². The number of ether oxygens (including phenoxy) is 2. The van der Waals surface area contributed by atoms with Crippen molar-refractivity contribution in [3.05, 3.63) is 29.8 Å². The lowest BCUT2D eigenvalue weighted by molar-refractivity contribution is -0.145. The highest BCUT2D eigenvalue weighted by Gasteiger charge is 2.36. The second-order valence-electron chi connectivity index (χ2n) is 5.57. The minimum atomic E-state index is -1.11. The number of hydrogen-bond acceptors (Lipinski definition) is 5. The van der Waals surface area contributed by atoms with Crippen molar-refractivity contribution in [2.24, 2.45) is 0 Å². The molecule has 0 radical (unpaired) electrons. The van der Waals surface area contributed by atoms with E-state index in [0.29, 0.717) is 37.6 Å². The molecule has 0 aliphatic carbocycles. The van der Waals surface area contributed by atoms with Gasteiger partial charge in [-0.15, -0.1) is 0 Å². The highest BCUT2D eigenvalue weighted by atomic mass is 16.5. The standard InChI is InChI=1S/C17H23NO6/c1-2-23-9-10-24-15-6-4-3-5-13(15)16(20)18-8-7-12(19)11-14(18)17(21)22/h3-6,12,14,19H,2,7-11H2,1H3,(H,21,22)/t12-,14+/m0/s1. The van der Waals surface area contributed by atoms with Gasteiger partial charge in [-0.25, -0.2) is 4.79 Å². The summed E-state index contributed by atoms with van der Waals surface area (Å²) in [7, 11) is 0. The van der Waals surface area contributed by atoms with Gasteiger partial charge in [-0.3, -0.25) is 4.79 Å². The Morgan fingerprint density at radius 3 is 2.75 bits per heavy atom. The summed E-state index contributed by atoms with van der Waals surface area (Å²) in [6, 6.07) is 5.71. The van der Waals surface area contributed by atoms with E-state index >= 15 is 0 Å². The van der Waals surface area contributed by atoms with Gasteiger partial charge >= 0.3 is 5.97 Å². The predicted octanol–water partition coefficient (Wildman–Crippen LogP) is 1.15. The van der Waals surface area contributed by atoms with Gasteiger partial charge in [-0.1, -0.05) is 12.1 Å². The normalized spacial score (nSPS) is 20.7. The zero-order valence-electron chi connectivity index (χ0n) is 13.7. The second kappa shape index (κ2) is 8.65. The molecular formula is C17H23NO6. The molecule has 1 aromatic carbocycles. The van der Waals surface area contributed by atoms with Gasteiger partial charge in [0.05, 0.1) is 18.3 Å². The van der Waals surface area contributed by atoms with Crippen LogP contribution < -0.4 is 4.74 Å². The zero-order chi connectivity index (χ0) is 17.5. The maximum atomic E-state index is 12.8. The molecule has 1 heterocycles. The summed E-state index contributed by atoms with van der Waals surface area (Å²) in [6.07, 6.45) is -0.301. The maximum absolute atomic E-state index is 12.8. The molecule has 1 amide bonds. The number of rotatable bonds is 7. The van der Waals surface area contributed by atoms with Crippen molar-refractivity contribution in [3.8, 4) is 5.75 Å². The number of carboxylic acid groups (broad SMARTS) is 1. The Bertz CT molecular complexity index is 576. The smallest absolute Gasteiger partial charge is 0.326 e. The van der Waals surface area contributed by atoms with Crippen LogP contribution in [0.2, 0.25) is 0 Å². The van der Waals surface area contributed by atoms with Crippen LogP contribution in [0.25, 0.3) is 0 Å². The largest absolute Gasteiger partial charge is 0.490 e. The number of aliphatic hydroxyl groups excluding tert-OH is 1. The molecule has 0 unspecified atom stereocenters. The summed E-state index contributed by atoms with van der Waals surface area (Å²) in [6.45, 7) is 3.38. The molecule has 24 heavy (non-hydrogen) atoms. The molecule has 0 bridgehead atoms. The van der Waals surface area contributed by atoms with Crippen molar-refractivity contribution in [2.75, 3.05) is 26.4 Å². The fourth-order valence-corrected chi connectivity index (χ4v) is 2.70. The molecule has 7 nitrogen and oxygen atoms in total. The van der Waals surface area contributed by atoms with Crippen molar-refractivity contribution in [3.63, 3.8) is 0 Å². The third kappa shape index (κ3) is 4.46. The van der Waals surface area contributed by atoms with E-state index in [1.165, 1.54) is 4.90 Å². The average molecular weight is 337 g/mol. The Morgan fingerprint density at radius 1 is 1.29 bits per heavy atom. The van der Waals surface area contributed by atoms with Gasteiger partial charge in [-0.2, -0.15) is 0 Å². The first-order chi connectivity index (χ1) is 11.5. The number of aliphatic carboxylic acids is 1. The van der Waals surface area contributed by atoms with Crippen molar-refractivity contribution in [2.45, 2.75) is 31.9 Å². The molecule has 0 aromatic heterocycles. The second-order valence-corrected chi connectivity index (χ2v) is 5.57. The third-order valence-corrected chi connectivity index (χ3v) is 3.93. The molecule has 2 N–H and O–H groups in total. The van der Waals surface area contributed by atoms with E-state index in [9.17, 15) is 19.8 Å². The fourth-order valence-electron chi connectivity index (χ4n) is 2.70. The van der Waals surface area contributed by atoms with Gasteiger partial charge in [0.15, 0.2) is 0 Å². The number of benzene rings is 1. The first-order valence-corrected chi connectivity index (χ1v) is 8.06. The number of carbonyl (C=O) groups excluding carboxylic acids is 1. The predicted molar refractivity (Wildman–Crippen MR) is 86.1 cm³/mol. The van der Waals surface area contributed by atoms with Crippen LogP contribution in [0.1, 0.15) is 30.1 Å². The van der Waals surface area contributed by atoms with Crippen LogP contribution >= 0.6 is 0 Å². The summed E-state index contributed by atoms with van der Waals surface area (Å²) in [5.41, 5.74) is 0.316. The molecule has 7 heteroatoms. The van der Waals surface area contributed by atoms with Gasteiger partial charge in [-0.05, 0) is 25.5 Å². The number of carboxylic acids is 1. The van der Waals surface area contributed by atoms with Crippen LogP contribution in [0.5, 0.6) is 5.75 Å². The lowest BCUT2D eigenvalue weighted by atomic mass is 9.98. The number of piperidine rings is 1. The SMILES string of the molecule is CCOCCOc1ccccc1C(=O)N1CC[C@H](O)C[C@@H]1C(=O)O. The van der Waals surface area contributed by atoms with Crippen molar-refractivity contribution in [1.29, 1.82) is 0 Å². The first-order valence-electron chi connectivity index (χ1n) is 8.06. The number of carbonyl (C=O) groups is 2. The minimum absolute atomic E-state index is 0.0361. The molecule has 2 atom stereocenters. The van der Waals surface area contributed by atoms with Crippen LogP contribution in [-0.4, -0.2) is 65.5 Å². The quantitative estimate of drug-likeness (QED) is 0.725. The lowest BCUT2D eigenvalue weighted by Crippen LogP contribution is -2.51. The van der Waals surface area contributed by atoms with Crippen LogP contribution in [-0.2, 0) is 9.53 Å². The Kier molecular flexibility index (Phi) is 6.57. The van der Waals surface area contributed by atoms with E-state index in [-0.39, 0.29) is 13.0 Å². The lowest BCUT2D eigenvalue weighted by Gasteiger charge is -2.35. The summed E-state index contributed by atoms with van der Waals surface area (Å²) in [5, 5.41) is 19.0. The van der Waals surface area contributed by atoms with Crippen molar-refractivity contribution < 1.29 is 29.3 Å². The number of aliphatic hydroxyl groups is 1. The van der Waals surface area contributed by atoms with E-state index in [0.717, 1.165) is 0 Å². The Balaban J connectivity index is 2.14. The zero-order valence-corrected chi connectivity index (χ0v) is 13.7. The van der Waals surface area contributed by atoms with E-state index in [4.69, 9.17) is 9.47 Å². The molecule has 2 rings (SSSR count). The average Bonchev–Trinajstić information content (AvgIpc) is 2.58. The van der Waals surface area contributed by atoms with Gasteiger partial charge in [0.25, 0.3) is 5.91 Å². The van der Waals surface area contributed by atoms with E-state index in [1.807, 2.05) is 6.92 Å².